The van der Waals surface area contributed by atoms with Crippen LogP contribution in [0.25, 0.3) is 11.0 Å². The summed E-state index contributed by atoms with van der Waals surface area (Å²) < 4.78 is 19.0. The van der Waals surface area contributed by atoms with Gasteiger partial charge in [-0.1, -0.05) is 57.5 Å². The largest absolute Gasteiger partial charge is 0.370 e. The Morgan fingerprint density at radius 3 is 2.51 bits per heavy atom. The topological polar surface area (TPSA) is 105 Å². The van der Waals surface area contributed by atoms with Crippen molar-refractivity contribution in [1.29, 1.82) is 0 Å². The third kappa shape index (κ3) is 6.14. The molecular weight excluding hydrogens is 523 g/mol. The van der Waals surface area contributed by atoms with E-state index in [0.29, 0.717) is 53.9 Å². The fourth-order valence-corrected chi connectivity index (χ4v) is 6.20. The van der Waals surface area contributed by atoms with Gasteiger partial charge in [-0.3, -0.25) is 19.7 Å². The van der Waals surface area contributed by atoms with Crippen LogP contribution in [-0.4, -0.2) is 36.0 Å². The predicted molar refractivity (Wildman–Crippen MR) is 157 cm³/mol. The number of hydrogen-bond donors (Lipinski definition) is 2. The van der Waals surface area contributed by atoms with E-state index in [2.05, 4.69) is 27.6 Å². The second-order valence-electron chi connectivity index (χ2n) is 11.2. The van der Waals surface area contributed by atoms with Gasteiger partial charge in [0.25, 0.3) is 11.8 Å². The normalized spacial score (nSPS) is 15.4. The van der Waals surface area contributed by atoms with Crippen LogP contribution in [-0.2, 0) is 11.2 Å². The van der Waals surface area contributed by atoms with Crippen molar-refractivity contribution >= 4 is 40.1 Å². The van der Waals surface area contributed by atoms with Crippen LogP contribution in [0.15, 0.2) is 28.8 Å². The molecule has 8 nitrogen and oxygen atoms in total. The van der Waals surface area contributed by atoms with Crippen molar-refractivity contribution in [2.75, 3.05) is 23.3 Å². The highest BCUT2D eigenvalue weighted by Gasteiger charge is 2.35. The second-order valence-corrected chi connectivity index (χ2v) is 11.2. The maximum absolute atomic E-state index is 13.6. The third-order valence-corrected chi connectivity index (χ3v) is 8.42. The zero-order valence-electron chi connectivity index (χ0n) is 24.0. The van der Waals surface area contributed by atoms with Crippen LogP contribution < -0.4 is 15.5 Å². The van der Waals surface area contributed by atoms with Crippen LogP contribution in [0.2, 0.25) is 0 Å². The molecular formula is C32H39FN4O4. The van der Waals surface area contributed by atoms with E-state index in [4.69, 9.17) is 4.52 Å². The Morgan fingerprint density at radius 2 is 1.78 bits per heavy atom. The maximum atomic E-state index is 13.6. The number of unbranched alkanes of at least 4 members (excludes halogenated alkanes) is 6. The molecule has 1 aromatic heterocycles. The van der Waals surface area contributed by atoms with Crippen LogP contribution in [0.4, 0.5) is 15.8 Å². The standard InChI is InChI=1S/C32H39FN4O4/c1-3-5-6-7-8-9-10-11-27(38)34-30-22(4-2)28-24(31(39)35-32(28)40)19-25(30)37-16-14-20(15-17-37)29-23-13-12-21(33)18-26(23)41-36-29/h12-13,18-20H,3-11,14-17H2,1-2H3,(H,34,38)(H,35,39,40). The van der Waals surface area contributed by atoms with Gasteiger partial charge in [0.15, 0.2) is 5.58 Å². The molecule has 0 spiro atoms. The summed E-state index contributed by atoms with van der Waals surface area (Å²) in [5.41, 5.74) is 4.09. The second kappa shape index (κ2) is 12.8. The molecule has 5 rings (SSSR count). The lowest BCUT2D eigenvalue weighted by molar-refractivity contribution is -0.116. The molecule has 41 heavy (non-hydrogen) atoms. The maximum Gasteiger partial charge on any atom is 0.259 e. The number of halogens is 1. The smallest absolute Gasteiger partial charge is 0.259 e. The summed E-state index contributed by atoms with van der Waals surface area (Å²) in [4.78, 5) is 40.6. The van der Waals surface area contributed by atoms with Gasteiger partial charge in [0.2, 0.25) is 5.91 Å². The van der Waals surface area contributed by atoms with Crippen LogP contribution >= 0.6 is 0 Å². The van der Waals surface area contributed by atoms with E-state index < -0.39 is 11.8 Å². The number of anilines is 2. The van der Waals surface area contributed by atoms with Crippen LogP contribution in [0.1, 0.15) is 116 Å². The zero-order valence-corrected chi connectivity index (χ0v) is 24.0. The first-order chi connectivity index (χ1) is 19.9. The Hall–Kier alpha value is -3.75. The molecule has 0 saturated carbocycles. The van der Waals surface area contributed by atoms with E-state index in [0.717, 1.165) is 48.9 Å². The van der Waals surface area contributed by atoms with E-state index in [1.54, 1.807) is 12.1 Å². The number of carbonyl (C=O) groups excluding carboxylic acids is 3. The van der Waals surface area contributed by atoms with Crippen molar-refractivity contribution in [3.8, 4) is 0 Å². The van der Waals surface area contributed by atoms with Crippen molar-refractivity contribution in [3.63, 3.8) is 0 Å². The number of carbonyl (C=O) groups is 3. The molecule has 3 amide bonds. The first-order valence-corrected chi connectivity index (χ1v) is 15.1. The molecule has 0 bridgehead atoms. The summed E-state index contributed by atoms with van der Waals surface area (Å²) in [6, 6.07) is 6.24. The summed E-state index contributed by atoms with van der Waals surface area (Å²) in [7, 11) is 0. The lowest BCUT2D eigenvalue weighted by Crippen LogP contribution is -2.34. The van der Waals surface area contributed by atoms with Gasteiger partial charge in [-0.2, -0.15) is 0 Å². The Bertz CT molecular complexity index is 1440. The Morgan fingerprint density at radius 1 is 1.05 bits per heavy atom. The van der Waals surface area contributed by atoms with Gasteiger partial charge in [0.05, 0.1) is 28.2 Å². The van der Waals surface area contributed by atoms with Gasteiger partial charge in [0, 0.05) is 36.9 Å². The number of aromatic nitrogens is 1. The van der Waals surface area contributed by atoms with E-state index in [1.807, 2.05) is 6.92 Å². The van der Waals surface area contributed by atoms with Gasteiger partial charge < -0.3 is 14.7 Å². The van der Waals surface area contributed by atoms with Crippen molar-refractivity contribution < 1.29 is 23.3 Å². The number of nitrogens with one attached hydrogen (secondary N) is 2. The number of fused-ring (bicyclic) bond motifs is 2. The molecule has 2 aliphatic heterocycles. The van der Waals surface area contributed by atoms with Gasteiger partial charge in [-0.25, -0.2) is 4.39 Å². The summed E-state index contributed by atoms with van der Waals surface area (Å²) in [6.45, 7) is 5.47. The van der Waals surface area contributed by atoms with Crippen molar-refractivity contribution in [3.05, 3.63) is 52.5 Å². The molecule has 0 aliphatic carbocycles. The Kier molecular flexibility index (Phi) is 9.00. The number of nitrogens with zero attached hydrogens (tertiary/aromatic N) is 2. The molecule has 1 saturated heterocycles. The summed E-state index contributed by atoms with van der Waals surface area (Å²) in [6.07, 6.45) is 10.3. The average molecular weight is 563 g/mol. The lowest BCUT2D eigenvalue weighted by Gasteiger charge is -2.35. The predicted octanol–water partition coefficient (Wildman–Crippen LogP) is 6.88. The number of imide groups is 1. The van der Waals surface area contributed by atoms with Crippen molar-refractivity contribution in [2.24, 2.45) is 0 Å². The zero-order chi connectivity index (χ0) is 28.9. The average Bonchev–Trinajstić information content (AvgIpc) is 3.51. The number of piperidine rings is 1. The molecule has 3 aromatic rings. The Balaban J connectivity index is 1.34. The minimum absolute atomic E-state index is 0.0737. The molecule has 2 aliphatic rings. The highest BCUT2D eigenvalue weighted by atomic mass is 19.1. The molecule has 0 radical (unpaired) electrons. The minimum Gasteiger partial charge on any atom is -0.370 e. The molecule has 0 unspecified atom stereocenters. The third-order valence-electron chi connectivity index (χ3n) is 8.42. The van der Waals surface area contributed by atoms with Crippen molar-refractivity contribution in [1.82, 2.24) is 10.5 Å². The van der Waals surface area contributed by atoms with Gasteiger partial charge in [-0.05, 0) is 49.4 Å². The van der Waals surface area contributed by atoms with E-state index in [-0.39, 0.29) is 17.6 Å². The fourth-order valence-electron chi connectivity index (χ4n) is 6.20. The SMILES string of the molecule is CCCCCCCCCC(=O)Nc1c(N2CCC(c3noc4cc(F)ccc34)CC2)cc2c(c1CC)C(=O)NC2=O. The summed E-state index contributed by atoms with van der Waals surface area (Å²) in [5, 5.41) is 10.6. The lowest BCUT2D eigenvalue weighted by atomic mass is 9.90. The molecule has 0 atom stereocenters. The van der Waals surface area contributed by atoms with Crippen LogP contribution in [0.5, 0.6) is 0 Å². The molecule has 9 heteroatoms. The first kappa shape index (κ1) is 28.8. The molecule has 2 aromatic carbocycles. The monoisotopic (exact) mass is 562 g/mol. The van der Waals surface area contributed by atoms with Crippen LogP contribution in [0, 0.1) is 5.82 Å². The highest BCUT2D eigenvalue weighted by molar-refractivity contribution is 6.23. The van der Waals surface area contributed by atoms with Crippen molar-refractivity contribution in [2.45, 2.75) is 90.4 Å². The van der Waals surface area contributed by atoms with E-state index >= 15 is 0 Å². The fraction of sp³-hybridized carbons (Fsp3) is 0.500. The summed E-state index contributed by atoms with van der Waals surface area (Å²) >= 11 is 0. The first-order valence-electron chi connectivity index (χ1n) is 15.1. The quantitative estimate of drug-likeness (QED) is 0.184. The highest BCUT2D eigenvalue weighted by Crippen LogP contribution is 2.41. The van der Waals surface area contributed by atoms with Gasteiger partial charge >= 0.3 is 0 Å². The minimum atomic E-state index is -0.413. The Labute approximate surface area is 240 Å². The van der Waals surface area contributed by atoms with Crippen LogP contribution in [0.3, 0.4) is 0 Å². The number of rotatable bonds is 12. The molecule has 218 valence electrons. The van der Waals surface area contributed by atoms with E-state index in [9.17, 15) is 18.8 Å². The van der Waals surface area contributed by atoms with Gasteiger partial charge in [0.1, 0.15) is 5.82 Å². The number of hydrogen-bond acceptors (Lipinski definition) is 6. The molecule has 2 N–H and O–H groups in total. The molecule has 1 fully saturated rings. The number of amides is 3. The van der Waals surface area contributed by atoms with Gasteiger partial charge in [-0.15, -0.1) is 0 Å². The molecule has 3 heterocycles. The summed E-state index contributed by atoms with van der Waals surface area (Å²) in [5.74, 6) is -1.11. The number of benzene rings is 2. The van der Waals surface area contributed by atoms with E-state index in [1.165, 1.54) is 37.8 Å².